The van der Waals surface area contributed by atoms with Gasteiger partial charge in [-0.25, -0.2) is 0 Å². The van der Waals surface area contributed by atoms with Gasteiger partial charge >= 0.3 is 56.0 Å². The number of hydrogen-bond acceptors (Lipinski definition) is 0. The molecule has 0 saturated heterocycles. The van der Waals surface area contributed by atoms with Crippen LogP contribution in [0.3, 0.4) is 0 Å². The molecular formula is C52H44Cl2SnZr-2. The van der Waals surface area contributed by atoms with Gasteiger partial charge in [0.15, 0.2) is 0 Å². The number of halogens is 2. The molecule has 0 heterocycles. The summed E-state index contributed by atoms with van der Waals surface area (Å²) in [5.41, 5.74) is 8.14. The van der Waals surface area contributed by atoms with Crippen molar-refractivity contribution >= 4 is 96.2 Å². The van der Waals surface area contributed by atoms with Gasteiger partial charge in [-0.2, -0.15) is 12.1 Å². The molecule has 276 valence electrons. The monoisotopic (exact) mass is 948 g/mol. The molecule has 56 heavy (non-hydrogen) atoms. The van der Waals surface area contributed by atoms with Crippen LogP contribution in [0, 0.1) is 0 Å². The summed E-state index contributed by atoms with van der Waals surface area (Å²) in [6.07, 6.45) is 2.15. The summed E-state index contributed by atoms with van der Waals surface area (Å²) in [6, 6.07) is 62.3. The predicted molar refractivity (Wildman–Crippen MR) is 248 cm³/mol. The third kappa shape index (κ3) is 7.91. The summed E-state index contributed by atoms with van der Waals surface area (Å²) in [7, 11) is 11.3. The fourth-order valence-corrected chi connectivity index (χ4v) is 8.03. The Morgan fingerprint density at radius 2 is 0.768 bits per heavy atom. The number of benzene rings is 8. The van der Waals surface area contributed by atoms with Crippen molar-refractivity contribution in [2.24, 2.45) is 0 Å². The number of rotatable bonds is 4. The van der Waals surface area contributed by atoms with Crippen molar-refractivity contribution in [3.63, 3.8) is 0 Å². The van der Waals surface area contributed by atoms with Crippen molar-refractivity contribution in [1.29, 1.82) is 0 Å². The van der Waals surface area contributed by atoms with Crippen LogP contribution in [0.4, 0.5) is 0 Å². The molecule has 0 amide bonds. The van der Waals surface area contributed by atoms with Gasteiger partial charge in [-0.1, -0.05) is 134 Å². The molecule has 0 fully saturated rings. The molecule has 0 unspecified atom stereocenters. The first-order valence-corrected chi connectivity index (χ1v) is 41.2. The molecule has 10 aromatic rings. The summed E-state index contributed by atoms with van der Waals surface area (Å²) in [6.45, 7) is 4.44. The minimum atomic E-state index is -1.56. The van der Waals surface area contributed by atoms with Gasteiger partial charge < -0.3 is 0 Å². The molecule has 0 spiro atoms. The molecule has 0 bridgehead atoms. The summed E-state index contributed by atoms with van der Waals surface area (Å²) >= 11 is -2.53. The second-order valence-electron chi connectivity index (χ2n) is 14.7. The molecule has 10 aromatic carbocycles. The SMILES string of the molecule is CCc1cc2c(-c3cc4ccccc4c4ccccc34)cccc2[cH-]1.CCc1cc2c(-c3cc4ccccc4c4ccccc34)cccc2[cH-]1.[CH3][Sn]([CH3])=[Zr]([Cl])[Cl]. The third-order valence-electron chi connectivity index (χ3n) is 10.9. The average molecular weight is 950 g/mol. The normalized spacial score (nSPS) is 11.2. The number of fused-ring (bicyclic) bond motifs is 8. The molecule has 0 radical (unpaired) electrons. The van der Waals surface area contributed by atoms with Crippen LogP contribution >= 0.6 is 17.0 Å². The fraction of sp³-hybridized carbons (Fsp3) is 0.115. The van der Waals surface area contributed by atoms with Gasteiger partial charge in [0.1, 0.15) is 0 Å². The predicted octanol–water partition coefficient (Wildman–Crippen LogP) is 16.4. The van der Waals surface area contributed by atoms with E-state index in [0.717, 1.165) is 12.8 Å². The quantitative estimate of drug-likeness (QED) is 0.0937. The fourth-order valence-electron chi connectivity index (χ4n) is 8.03. The average Bonchev–Trinajstić information content (AvgIpc) is 3.88. The van der Waals surface area contributed by atoms with E-state index in [1.807, 2.05) is 0 Å². The minimum absolute atomic E-state index is 0.972. The standard InChI is InChI=1S/2C25H19.2CH3.2ClH.Sn.Zr/c2*1-2-17-14-18-9-7-13-23(24(18)15-17)25-16-19-8-3-4-10-20(19)21-11-5-6-12-22(21)25;;;;;;/h2*3-16H,2H2,1H3;2*1H3;2*1H;;/q2*-1;;;;;;+2/p-2. The van der Waals surface area contributed by atoms with Crippen LogP contribution in [0.5, 0.6) is 0 Å². The summed E-state index contributed by atoms with van der Waals surface area (Å²) in [4.78, 5) is 4.52. The molecule has 4 heteroatoms. The Kier molecular flexibility index (Phi) is 12.2. The summed E-state index contributed by atoms with van der Waals surface area (Å²) < 4.78 is 0. The summed E-state index contributed by atoms with van der Waals surface area (Å²) in [5.74, 6) is 0. The Labute approximate surface area is 347 Å². The van der Waals surface area contributed by atoms with Crippen LogP contribution in [0.2, 0.25) is 9.88 Å². The van der Waals surface area contributed by atoms with Crippen molar-refractivity contribution in [2.45, 2.75) is 36.6 Å². The van der Waals surface area contributed by atoms with Gasteiger partial charge in [0, 0.05) is 0 Å². The molecule has 0 aliphatic rings. The van der Waals surface area contributed by atoms with Crippen molar-refractivity contribution < 1.29 is 14.5 Å². The van der Waals surface area contributed by atoms with Crippen LogP contribution < -0.4 is 0 Å². The number of aryl methyl sites for hydroxylation is 2. The van der Waals surface area contributed by atoms with E-state index in [1.54, 1.807) is 0 Å². The molecule has 0 N–H and O–H groups in total. The first-order chi connectivity index (χ1) is 27.3. The molecule has 10 rings (SSSR count). The Hall–Kier alpha value is -3.72. The molecule has 0 aromatic heterocycles. The van der Waals surface area contributed by atoms with Gasteiger partial charge in [-0.3, -0.25) is 0 Å². The van der Waals surface area contributed by atoms with Gasteiger partial charge in [0.25, 0.3) is 0 Å². The van der Waals surface area contributed by atoms with Crippen LogP contribution in [-0.2, 0) is 27.4 Å². The van der Waals surface area contributed by atoms with Gasteiger partial charge in [-0.15, -0.1) is 69.1 Å². The molecular weight excluding hydrogens is 905 g/mol. The van der Waals surface area contributed by atoms with Crippen molar-refractivity contribution in [2.75, 3.05) is 0 Å². The van der Waals surface area contributed by atoms with Gasteiger partial charge in [0.2, 0.25) is 0 Å². The maximum atomic E-state index is 5.66. The van der Waals surface area contributed by atoms with Crippen molar-refractivity contribution in [1.82, 2.24) is 0 Å². The van der Waals surface area contributed by atoms with Crippen LogP contribution in [0.15, 0.2) is 170 Å². The van der Waals surface area contributed by atoms with E-state index >= 15 is 0 Å². The van der Waals surface area contributed by atoms with E-state index < -0.39 is 29.1 Å². The van der Waals surface area contributed by atoms with Gasteiger partial charge in [-0.05, 0) is 79.2 Å². The number of hydrogen-bond donors (Lipinski definition) is 0. The molecule has 0 aliphatic carbocycles. The zero-order chi connectivity index (χ0) is 38.8. The first-order valence-electron chi connectivity index (χ1n) is 19.5. The molecule has 0 saturated carbocycles. The van der Waals surface area contributed by atoms with E-state index in [1.165, 1.54) is 98.0 Å². The summed E-state index contributed by atoms with van der Waals surface area (Å²) in [5, 5.41) is 16.0. The van der Waals surface area contributed by atoms with E-state index in [9.17, 15) is 0 Å². The van der Waals surface area contributed by atoms with Crippen LogP contribution in [0.1, 0.15) is 25.0 Å². The zero-order valence-corrected chi connectivity index (χ0v) is 39.2. The van der Waals surface area contributed by atoms with Crippen LogP contribution in [-0.4, -0.2) is 14.6 Å². The molecule has 0 aliphatic heterocycles. The van der Waals surface area contributed by atoms with Crippen molar-refractivity contribution in [3.8, 4) is 22.3 Å². The Morgan fingerprint density at radius 3 is 1.14 bits per heavy atom. The Morgan fingerprint density at radius 1 is 0.411 bits per heavy atom. The third-order valence-corrected chi connectivity index (χ3v) is 55.6. The molecule has 0 nitrogen and oxygen atoms in total. The van der Waals surface area contributed by atoms with Gasteiger partial charge in [0.05, 0.1) is 0 Å². The van der Waals surface area contributed by atoms with E-state index in [4.69, 9.17) is 17.0 Å². The zero-order valence-electron chi connectivity index (χ0n) is 32.3. The topological polar surface area (TPSA) is 0 Å². The Balaban J connectivity index is 0.000000138. The second-order valence-corrected chi connectivity index (χ2v) is 62.9. The van der Waals surface area contributed by atoms with E-state index in [0.29, 0.717) is 0 Å². The van der Waals surface area contributed by atoms with Crippen molar-refractivity contribution in [3.05, 3.63) is 181 Å². The maximum absolute atomic E-state index is 5.66. The van der Waals surface area contributed by atoms with E-state index in [-0.39, 0.29) is 0 Å². The van der Waals surface area contributed by atoms with E-state index in [2.05, 4.69) is 194 Å². The molecule has 0 atom stereocenters. The second kappa shape index (κ2) is 17.4. The first kappa shape index (κ1) is 39.1. The Bertz CT molecular complexity index is 2840. The van der Waals surface area contributed by atoms with Crippen LogP contribution in [0.25, 0.3) is 86.9 Å².